The number of carbonyl (C=O) groups excluding carboxylic acids is 1. The minimum Gasteiger partial charge on any atom is -0.390 e. The fourth-order valence-electron chi connectivity index (χ4n) is 4.56. The zero-order valence-electron chi connectivity index (χ0n) is 13.6. The van der Waals surface area contributed by atoms with Gasteiger partial charge in [0.1, 0.15) is 0 Å². The van der Waals surface area contributed by atoms with Crippen LogP contribution in [0.25, 0.3) is 0 Å². The summed E-state index contributed by atoms with van der Waals surface area (Å²) in [6.07, 6.45) is 3.38. The molecule has 3 atom stereocenters. The van der Waals surface area contributed by atoms with Gasteiger partial charge in [-0.25, -0.2) is 0 Å². The van der Waals surface area contributed by atoms with Crippen LogP contribution in [0.5, 0.6) is 0 Å². The number of ketones is 1. The summed E-state index contributed by atoms with van der Waals surface area (Å²) < 4.78 is 0. The highest BCUT2D eigenvalue weighted by molar-refractivity contribution is 5.99. The van der Waals surface area contributed by atoms with E-state index in [1.807, 2.05) is 6.92 Å². The molecule has 1 aromatic carbocycles. The van der Waals surface area contributed by atoms with E-state index >= 15 is 0 Å². The highest BCUT2D eigenvalue weighted by Crippen LogP contribution is 2.53. The predicted octanol–water partition coefficient (Wildman–Crippen LogP) is 4.21. The quantitative estimate of drug-likeness (QED) is 0.840. The molecule has 114 valence electrons. The molecule has 0 spiro atoms. The van der Waals surface area contributed by atoms with Crippen molar-refractivity contribution in [2.24, 2.45) is 5.92 Å². The number of carbonyl (C=O) groups is 1. The van der Waals surface area contributed by atoms with E-state index in [9.17, 15) is 9.90 Å². The molecular weight excluding hydrogens is 260 g/mol. The van der Waals surface area contributed by atoms with Crippen LogP contribution in [-0.4, -0.2) is 16.5 Å². The Morgan fingerprint density at radius 1 is 1.24 bits per heavy atom. The second-order valence-electron chi connectivity index (χ2n) is 7.77. The maximum Gasteiger partial charge on any atom is 0.163 e. The first kappa shape index (κ1) is 14.8. The van der Waals surface area contributed by atoms with Gasteiger partial charge in [-0.15, -0.1) is 0 Å². The van der Waals surface area contributed by atoms with Gasteiger partial charge in [-0.3, -0.25) is 4.79 Å². The van der Waals surface area contributed by atoms with Crippen LogP contribution in [0, 0.1) is 5.92 Å². The lowest BCUT2D eigenvalue weighted by Crippen LogP contribution is -2.54. The van der Waals surface area contributed by atoms with Crippen LogP contribution in [0.4, 0.5) is 0 Å². The maximum absolute atomic E-state index is 12.6. The molecule has 2 heteroatoms. The van der Waals surface area contributed by atoms with Crippen LogP contribution in [0.2, 0.25) is 0 Å². The van der Waals surface area contributed by atoms with Gasteiger partial charge in [0, 0.05) is 17.9 Å². The summed E-state index contributed by atoms with van der Waals surface area (Å²) >= 11 is 0. The molecule has 2 aliphatic rings. The molecule has 1 fully saturated rings. The van der Waals surface area contributed by atoms with Crippen molar-refractivity contribution in [2.75, 3.05) is 0 Å². The maximum atomic E-state index is 12.6. The molecular formula is C19H26O2. The minimum atomic E-state index is -0.725. The fraction of sp³-hybridized carbons (Fsp3) is 0.632. The Kier molecular flexibility index (Phi) is 3.29. The third-order valence-corrected chi connectivity index (χ3v) is 5.91. The zero-order chi connectivity index (χ0) is 15.4. The van der Waals surface area contributed by atoms with Crippen LogP contribution in [-0.2, 0) is 5.41 Å². The Balaban J connectivity index is 2.15. The standard InChI is InChI=1S/C19H26O2/c1-12(2)13-6-7-15-14(10-13)16(20)11-17-18(15,3)8-5-9-19(17,4)21/h6-7,10,12,17,21H,5,8-9,11H2,1-4H3/t17-,18-,19+/m1/s1. The van der Waals surface area contributed by atoms with Gasteiger partial charge in [-0.1, -0.05) is 32.9 Å². The molecule has 2 aliphatic carbocycles. The number of fused-ring (bicyclic) bond motifs is 3. The average molecular weight is 286 g/mol. The molecule has 0 amide bonds. The number of aliphatic hydroxyl groups is 1. The smallest absolute Gasteiger partial charge is 0.163 e. The lowest BCUT2D eigenvalue weighted by Gasteiger charge is -2.52. The van der Waals surface area contributed by atoms with Crippen molar-refractivity contribution in [3.8, 4) is 0 Å². The van der Waals surface area contributed by atoms with Crippen molar-refractivity contribution < 1.29 is 9.90 Å². The molecule has 1 saturated carbocycles. The van der Waals surface area contributed by atoms with E-state index in [-0.39, 0.29) is 17.1 Å². The van der Waals surface area contributed by atoms with E-state index < -0.39 is 5.60 Å². The molecule has 0 aromatic heterocycles. The van der Waals surface area contributed by atoms with Crippen LogP contribution in [0.1, 0.15) is 80.8 Å². The Morgan fingerprint density at radius 2 is 1.95 bits per heavy atom. The normalized spacial score (nSPS) is 35.5. The Morgan fingerprint density at radius 3 is 2.62 bits per heavy atom. The van der Waals surface area contributed by atoms with E-state index in [2.05, 4.69) is 39.0 Å². The first-order valence-electron chi connectivity index (χ1n) is 8.16. The summed E-state index contributed by atoms with van der Waals surface area (Å²) in [4.78, 5) is 12.6. The van der Waals surface area contributed by atoms with Crippen molar-refractivity contribution in [1.82, 2.24) is 0 Å². The highest BCUT2D eigenvalue weighted by Gasteiger charge is 2.53. The lowest BCUT2D eigenvalue weighted by atomic mass is 9.53. The first-order chi connectivity index (χ1) is 9.75. The largest absolute Gasteiger partial charge is 0.390 e. The van der Waals surface area contributed by atoms with Gasteiger partial charge in [0.05, 0.1) is 5.60 Å². The molecule has 3 rings (SSSR count). The fourth-order valence-corrected chi connectivity index (χ4v) is 4.56. The summed E-state index contributed by atoms with van der Waals surface area (Å²) in [7, 11) is 0. The van der Waals surface area contributed by atoms with Gasteiger partial charge in [-0.05, 0) is 54.7 Å². The SMILES string of the molecule is CC(C)c1ccc2c(c1)C(=O)C[C@H]1[C@@](C)(O)CCC[C@]21C. The van der Waals surface area contributed by atoms with Crippen molar-refractivity contribution in [2.45, 2.75) is 70.3 Å². The third-order valence-electron chi connectivity index (χ3n) is 5.91. The monoisotopic (exact) mass is 286 g/mol. The molecule has 0 unspecified atom stereocenters. The number of rotatable bonds is 1. The summed E-state index contributed by atoms with van der Waals surface area (Å²) in [6, 6.07) is 6.40. The van der Waals surface area contributed by atoms with Crippen molar-refractivity contribution >= 4 is 5.78 Å². The van der Waals surface area contributed by atoms with Crippen LogP contribution in [0.15, 0.2) is 18.2 Å². The van der Waals surface area contributed by atoms with Crippen LogP contribution in [0.3, 0.4) is 0 Å². The Hall–Kier alpha value is -1.15. The van der Waals surface area contributed by atoms with Gasteiger partial charge in [0.2, 0.25) is 0 Å². The Labute approximate surface area is 127 Å². The van der Waals surface area contributed by atoms with E-state index in [0.717, 1.165) is 30.4 Å². The average Bonchev–Trinajstić information content (AvgIpc) is 2.41. The van der Waals surface area contributed by atoms with Gasteiger partial charge in [0.15, 0.2) is 5.78 Å². The molecule has 0 bridgehead atoms. The lowest BCUT2D eigenvalue weighted by molar-refractivity contribution is -0.0703. The molecule has 0 saturated heterocycles. The van der Waals surface area contributed by atoms with Gasteiger partial charge in [-0.2, -0.15) is 0 Å². The zero-order valence-corrected chi connectivity index (χ0v) is 13.6. The number of hydrogen-bond donors (Lipinski definition) is 1. The van der Waals surface area contributed by atoms with Gasteiger partial charge >= 0.3 is 0 Å². The topological polar surface area (TPSA) is 37.3 Å². The molecule has 21 heavy (non-hydrogen) atoms. The number of benzene rings is 1. The van der Waals surface area contributed by atoms with E-state index in [1.165, 1.54) is 5.56 Å². The van der Waals surface area contributed by atoms with Gasteiger partial charge in [0.25, 0.3) is 0 Å². The summed E-state index contributed by atoms with van der Waals surface area (Å²) in [5, 5.41) is 10.8. The van der Waals surface area contributed by atoms with Crippen LogP contribution >= 0.6 is 0 Å². The van der Waals surface area contributed by atoms with Crippen molar-refractivity contribution in [1.29, 1.82) is 0 Å². The predicted molar refractivity (Wildman–Crippen MR) is 84.8 cm³/mol. The summed E-state index contributed by atoms with van der Waals surface area (Å²) in [6.45, 7) is 8.47. The molecule has 0 aliphatic heterocycles. The number of Topliss-reactive ketones (excluding diaryl/α,β-unsaturated/α-hetero) is 1. The van der Waals surface area contributed by atoms with Crippen LogP contribution < -0.4 is 0 Å². The highest BCUT2D eigenvalue weighted by atomic mass is 16.3. The first-order valence-corrected chi connectivity index (χ1v) is 8.16. The Bertz CT molecular complexity index is 585. The van der Waals surface area contributed by atoms with E-state index in [0.29, 0.717) is 12.3 Å². The molecule has 2 nitrogen and oxygen atoms in total. The molecule has 0 heterocycles. The van der Waals surface area contributed by atoms with Gasteiger partial charge < -0.3 is 5.11 Å². The third kappa shape index (κ3) is 2.15. The second kappa shape index (κ2) is 4.67. The number of hydrogen-bond acceptors (Lipinski definition) is 2. The van der Waals surface area contributed by atoms with Crippen molar-refractivity contribution in [3.05, 3.63) is 34.9 Å². The van der Waals surface area contributed by atoms with E-state index in [4.69, 9.17) is 0 Å². The minimum absolute atomic E-state index is 0.0450. The second-order valence-corrected chi connectivity index (χ2v) is 7.77. The summed E-state index contributed by atoms with van der Waals surface area (Å²) in [5.74, 6) is 0.684. The summed E-state index contributed by atoms with van der Waals surface area (Å²) in [5.41, 5.74) is 2.50. The molecule has 0 radical (unpaired) electrons. The molecule has 1 aromatic rings. The van der Waals surface area contributed by atoms with Crippen molar-refractivity contribution in [3.63, 3.8) is 0 Å². The molecule has 1 N–H and O–H groups in total. The van der Waals surface area contributed by atoms with E-state index in [1.54, 1.807) is 0 Å².